The maximum atomic E-state index is 14.0. The SMILES string of the molecule is CCC(C)[C@H](NC(=O)C1CCCCN1C)C(=O)N(C)C(C[C@@H](O)c1nc(C(=O)NC2(C[C@H](C)C(=O)O)CC2c2ccc(OC)cc2)cs1)C(C)C. The number of benzene rings is 1. The molecule has 2 heterocycles. The summed E-state index contributed by atoms with van der Waals surface area (Å²) in [4.78, 5) is 60.9. The predicted octanol–water partition coefficient (Wildman–Crippen LogP) is 4.84. The molecule has 1 saturated carbocycles. The number of carboxylic acid groups (broad SMARTS) is 1. The average Bonchev–Trinajstić information content (AvgIpc) is 3.55. The highest BCUT2D eigenvalue weighted by molar-refractivity contribution is 7.09. The van der Waals surface area contributed by atoms with Gasteiger partial charge in [-0.3, -0.25) is 24.1 Å². The largest absolute Gasteiger partial charge is 0.497 e. The summed E-state index contributed by atoms with van der Waals surface area (Å²) in [6.07, 6.45) is 3.51. The van der Waals surface area contributed by atoms with Crippen LogP contribution >= 0.6 is 11.3 Å². The summed E-state index contributed by atoms with van der Waals surface area (Å²) in [5.41, 5.74) is 0.388. The zero-order chi connectivity index (χ0) is 37.6. The number of hydrogen-bond donors (Lipinski definition) is 4. The van der Waals surface area contributed by atoms with Gasteiger partial charge in [-0.05, 0) is 68.8 Å². The van der Waals surface area contributed by atoms with E-state index >= 15 is 0 Å². The first-order valence-electron chi connectivity index (χ1n) is 18.2. The number of thiazole rings is 1. The van der Waals surface area contributed by atoms with Crippen LogP contribution in [-0.4, -0.2) is 100 Å². The van der Waals surface area contributed by atoms with Crippen LogP contribution in [0, 0.1) is 17.8 Å². The number of amides is 3. The number of hydrogen-bond acceptors (Lipinski definition) is 9. The molecule has 1 saturated heterocycles. The van der Waals surface area contributed by atoms with Crippen LogP contribution in [-0.2, 0) is 14.4 Å². The van der Waals surface area contributed by atoms with E-state index in [0.29, 0.717) is 23.6 Å². The molecule has 282 valence electrons. The third-order valence-electron chi connectivity index (χ3n) is 11.0. The second kappa shape index (κ2) is 17.3. The van der Waals surface area contributed by atoms with Crippen molar-refractivity contribution in [3.63, 3.8) is 0 Å². The Bertz CT molecular complexity index is 1520. The summed E-state index contributed by atoms with van der Waals surface area (Å²) in [5, 5.41) is 29.2. The van der Waals surface area contributed by atoms with Crippen molar-refractivity contribution in [2.75, 3.05) is 27.7 Å². The molecule has 4 rings (SSSR count). The number of carboxylic acids is 1. The van der Waals surface area contributed by atoms with Gasteiger partial charge < -0.3 is 30.5 Å². The molecule has 0 spiro atoms. The second-order valence-electron chi connectivity index (χ2n) is 15.0. The number of aliphatic hydroxyl groups is 1. The Morgan fingerprint density at radius 2 is 1.82 bits per heavy atom. The summed E-state index contributed by atoms with van der Waals surface area (Å²) >= 11 is 1.17. The Kier molecular flexibility index (Phi) is 13.7. The molecule has 8 atom stereocenters. The number of nitrogens with zero attached hydrogens (tertiary/aromatic N) is 3. The molecule has 1 aromatic carbocycles. The fraction of sp³-hybridized carbons (Fsp3) is 0.658. The van der Waals surface area contributed by atoms with Gasteiger partial charge in [0.25, 0.3) is 5.91 Å². The van der Waals surface area contributed by atoms with Gasteiger partial charge in [0, 0.05) is 36.3 Å². The summed E-state index contributed by atoms with van der Waals surface area (Å²) in [6.45, 7) is 10.4. The molecule has 13 heteroatoms. The lowest BCUT2D eigenvalue weighted by Gasteiger charge is -2.38. The molecule has 1 aromatic heterocycles. The standard InChI is InChI=1S/C38H57N5O7S/c1-9-23(4)32(40-34(46)29-12-10-11-17-42(29)6)36(47)43(7)30(22(2)3)18-31(44)35-39-28(21-51-35)33(45)41-38(19-24(5)37(48)49)20-27(38)25-13-15-26(50-8)16-14-25/h13-16,21-24,27,29-32,44H,9-12,17-20H2,1-8H3,(H,40,46)(H,41,45)(H,48,49)/t23?,24-,27?,29?,30?,31+,32-,38?/m0/s1. The third kappa shape index (κ3) is 9.66. The topological polar surface area (TPSA) is 161 Å². The van der Waals surface area contributed by atoms with Crippen molar-refractivity contribution in [2.45, 2.75) is 115 Å². The Morgan fingerprint density at radius 1 is 1.14 bits per heavy atom. The van der Waals surface area contributed by atoms with Gasteiger partial charge >= 0.3 is 5.97 Å². The molecule has 12 nitrogen and oxygen atoms in total. The molecule has 51 heavy (non-hydrogen) atoms. The number of methoxy groups -OCH3 is 1. The fourth-order valence-corrected chi connectivity index (χ4v) is 8.19. The zero-order valence-electron chi connectivity index (χ0n) is 31.3. The van der Waals surface area contributed by atoms with E-state index in [1.165, 1.54) is 11.3 Å². The number of nitrogens with one attached hydrogen (secondary N) is 2. The maximum Gasteiger partial charge on any atom is 0.306 e. The Hall–Kier alpha value is -3.55. The van der Waals surface area contributed by atoms with Crippen LogP contribution in [0.3, 0.4) is 0 Å². The second-order valence-corrected chi connectivity index (χ2v) is 15.9. The Morgan fingerprint density at radius 3 is 2.41 bits per heavy atom. The monoisotopic (exact) mass is 727 g/mol. The highest BCUT2D eigenvalue weighted by Gasteiger charge is 2.57. The molecule has 4 N–H and O–H groups in total. The molecule has 3 amide bonds. The summed E-state index contributed by atoms with van der Waals surface area (Å²) in [7, 11) is 5.26. The van der Waals surface area contributed by atoms with E-state index in [1.54, 1.807) is 31.4 Å². The first kappa shape index (κ1) is 40.2. The van der Waals surface area contributed by atoms with E-state index in [0.717, 1.165) is 31.4 Å². The molecule has 1 aliphatic heterocycles. The lowest BCUT2D eigenvalue weighted by atomic mass is 9.92. The number of rotatable bonds is 17. The quantitative estimate of drug-likeness (QED) is 0.179. The van der Waals surface area contributed by atoms with E-state index < -0.39 is 35.5 Å². The van der Waals surface area contributed by atoms with Crippen LogP contribution < -0.4 is 15.4 Å². The lowest BCUT2D eigenvalue weighted by Crippen LogP contribution is -2.58. The minimum Gasteiger partial charge on any atom is -0.497 e. The van der Waals surface area contributed by atoms with E-state index in [-0.39, 0.29) is 60.2 Å². The molecular formula is C38H57N5O7S. The summed E-state index contributed by atoms with van der Waals surface area (Å²) in [6, 6.07) is 6.24. The van der Waals surface area contributed by atoms with Crippen molar-refractivity contribution >= 4 is 35.0 Å². The van der Waals surface area contributed by atoms with Gasteiger partial charge in [-0.1, -0.05) is 59.6 Å². The van der Waals surface area contributed by atoms with Gasteiger partial charge in [0.2, 0.25) is 11.8 Å². The average molecular weight is 728 g/mol. The highest BCUT2D eigenvalue weighted by Crippen LogP contribution is 2.55. The number of aliphatic hydroxyl groups excluding tert-OH is 1. The van der Waals surface area contributed by atoms with Crippen molar-refractivity contribution < 1.29 is 34.1 Å². The third-order valence-corrected chi connectivity index (χ3v) is 12.0. The number of ether oxygens (including phenoxy) is 1. The highest BCUT2D eigenvalue weighted by atomic mass is 32.1. The molecular weight excluding hydrogens is 671 g/mol. The van der Waals surface area contributed by atoms with E-state index in [4.69, 9.17) is 4.74 Å². The van der Waals surface area contributed by atoms with Gasteiger partial charge in [-0.15, -0.1) is 11.3 Å². The minimum atomic E-state index is -1.04. The molecule has 2 fully saturated rings. The van der Waals surface area contributed by atoms with Gasteiger partial charge in [0.05, 0.1) is 19.1 Å². The fourth-order valence-electron chi connectivity index (χ4n) is 7.39. The molecule has 1 aliphatic carbocycles. The van der Waals surface area contributed by atoms with E-state index in [2.05, 4.69) is 20.5 Å². The number of carbonyl (C=O) groups excluding carboxylic acids is 3. The smallest absolute Gasteiger partial charge is 0.306 e. The van der Waals surface area contributed by atoms with Crippen LogP contribution in [0.5, 0.6) is 5.75 Å². The van der Waals surface area contributed by atoms with Crippen molar-refractivity contribution in [1.82, 2.24) is 25.4 Å². The van der Waals surface area contributed by atoms with Crippen molar-refractivity contribution in [2.24, 2.45) is 17.8 Å². The molecule has 2 aliphatic rings. The lowest BCUT2D eigenvalue weighted by molar-refractivity contribution is -0.141. The number of carbonyl (C=O) groups is 4. The minimum absolute atomic E-state index is 0.0186. The number of aromatic nitrogens is 1. The normalized spacial score (nSPS) is 23.4. The van der Waals surface area contributed by atoms with E-state index in [1.807, 2.05) is 59.0 Å². The van der Waals surface area contributed by atoms with E-state index in [9.17, 15) is 29.4 Å². The van der Waals surface area contributed by atoms with Crippen LogP contribution in [0.4, 0.5) is 0 Å². The molecule has 0 bridgehead atoms. The van der Waals surface area contributed by atoms with Gasteiger partial charge in [-0.25, -0.2) is 4.98 Å². The molecule has 2 aromatic rings. The van der Waals surface area contributed by atoms with Gasteiger partial charge in [0.15, 0.2) is 0 Å². The van der Waals surface area contributed by atoms with Crippen molar-refractivity contribution in [1.29, 1.82) is 0 Å². The first-order valence-corrected chi connectivity index (χ1v) is 19.1. The number of aliphatic carboxylic acids is 1. The van der Waals surface area contributed by atoms with Crippen LogP contribution in [0.15, 0.2) is 29.6 Å². The molecule has 0 radical (unpaired) electrons. The zero-order valence-corrected chi connectivity index (χ0v) is 32.2. The maximum absolute atomic E-state index is 14.0. The van der Waals surface area contributed by atoms with Gasteiger partial charge in [0.1, 0.15) is 28.6 Å². The van der Waals surface area contributed by atoms with Crippen LogP contribution in [0.2, 0.25) is 0 Å². The van der Waals surface area contributed by atoms with Crippen LogP contribution in [0.1, 0.15) is 113 Å². The number of likely N-dealkylation sites (N-methyl/N-ethyl adjacent to an activating group) is 2. The van der Waals surface area contributed by atoms with Crippen molar-refractivity contribution in [3.05, 3.63) is 45.9 Å². The van der Waals surface area contributed by atoms with Crippen LogP contribution in [0.25, 0.3) is 0 Å². The Balaban J connectivity index is 1.45. The summed E-state index contributed by atoms with van der Waals surface area (Å²) < 4.78 is 5.27. The molecule has 5 unspecified atom stereocenters. The van der Waals surface area contributed by atoms with Gasteiger partial charge in [-0.2, -0.15) is 0 Å². The van der Waals surface area contributed by atoms with Crippen molar-refractivity contribution in [3.8, 4) is 5.75 Å². The Labute approximate surface area is 306 Å². The number of piperidine rings is 1. The summed E-state index contributed by atoms with van der Waals surface area (Å²) in [5.74, 6) is -1.81. The predicted molar refractivity (Wildman–Crippen MR) is 197 cm³/mol. The number of likely N-dealkylation sites (tertiary alicyclic amines) is 1. The first-order chi connectivity index (χ1) is 24.1.